The molecular weight excluding hydrogens is 382 g/mol. The maximum atomic E-state index is 14.3. The minimum Gasteiger partial charge on any atom is -0.452 e. The fraction of sp³-hybridized carbons (Fsp3) is 0.0526. The van der Waals surface area contributed by atoms with Gasteiger partial charge in [-0.1, -0.05) is 5.10 Å². The number of aromatic nitrogens is 6. The van der Waals surface area contributed by atoms with Crippen LogP contribution < -0.4 is 4.74 Å². The Bertz CT molecular complexity index is 1340. The fourth-order valence-electron chi connectivity index (χ4n) is 3.10. The summed E-state index contributed by atoms with van der Waals surface area (Å²) in [6, 6.07) is 7.03. The van der Waals surface area contributed by atoms with E-state index in [-0.39, 0.29) is 17.5 Å². The van der Waals surface area contributed by atoms with Gasteiger partial charge in [-0.2, -0.15) is 5.10 Å². The molecule has 0 saturated heterocycles. The Balaban J connectivity index is 1.64. The van der Waals surface area contributed by atoms with Gasteiger partial charge in [0.1, 0.15) is 23.0 Å². The van der Waals surface area contributed by atoms with Gasteiger partial charge < -0.3 is 9.15 Å². The number of hydrogen-bond acceptors (Lipinski definition) is 6. The number of halogens is 2. The number of nitrogens with one attached hydrogen (secondary N) is 1. The number of nitrogens with zero attached hydrogens (tertiary/aromatic N) is 5. The second-order valence-corrected chi connectivity index (χ2v) is 6.15. The first-order valence-corrected chi connectivity index (χ1v) is 8.48. The quantitative estimate of drug-likeness (QED) is 0.499. The summed E-state index contributed by atoms with van der Waals surface area (Å²) < 4.78 is 39.7. The summed E-state index contributed by atoms with van der Waals surface area (Å²) in [4.78, 5) is 4.33. The summed E-state index contributed by atoms with van der Waals surface area (Å²) >= 11 is 0. The standard InChI is InChI=1S/C19H12F2N6O2/c1-28-19-26-25-18(29-19)15-8-22-16-5-2-10(9-27(15)16)13-7-23-24-17(13)12-4-3-11(20)6-14(12)21/h2-9H,1H3,(H,23,24). The predicted octanol–water partition coefficient (Wildman–Crippen LogP) is 3.73. The summed E-state index contributed by atoms with van der Waals surface area (Å²) in [5.74, 6) is -1.09. The highest BCUT2D eigenvalue weighted by molar-refractivity contribution is 5.81. The van der Waals surface area contributed by atoms with Crippen molar-refractivity contribution in [2.75, 3.05) is 7.11 Å². The molecule has 0 unspecified atom stereocenters. The lowest BCUT2D eigenvalue weighted by atomic mass is 10.0. The van der Waals surface area contributed by atoms with Gasteiger partial charge >= 0.3 is 6.08 Å². The van der Waals surface area contributed by atoms with Gasteiger partial charge in [-0.05, 0) is 24.3 Å². The van der Waals surface area contributed by atoms with E-state index in [1.54, 1.807) is 29.1 Å². The van der Waals surface area contributed by atoms with Gasteiger partial charge in [-0.15, -0.1) is 5.10 Å². The van der Waals surface area contributed by atoms with E-state index in [9.17, 15) is 8.78 Å². The van der Waals surface area contributed by atoms with Crippen LogP contribution in [0.25, 0.3) is 39.6 Å². The fourth-order valence-corrected chi connectivity index (χ4v) is 3.10. The van der Waals surface area contributed by atoms with Crippen molar-refractivity contribution in [2.45, 2.75) is 0 Å². The summed E-state index contributed by atoms with van der Waals surface area (Å²) in [5, 5.41) is 14.5. The number of ether oxygens (including phenoxy) is 1. The molecule has 10 heteroatoms. The van der Waals surface area contributed by atoms with Crippen molar-refractivity contribution in [2.24, 2.45) is 0 Å². The molecule has 5 rings (SSSR count). The molecule has 5 aromatic rings. The molecule has 0 saturated carbocycles. The van der Waals surface area contributed by atoms with Crippen LogP contribution in [-0.4, -0.2) is 36.9 Å². The Kier molecular flexibility index (Phi) is 3.83. The van der Waals surface area contributed by atoms with E-state index in [1.165, 1.54) is 19.2 Å². The molecule has 0 spiro atoms. The lowest BCUT2D eigenvalue weighted by Crippen LogP contribution is -1.92. The molecule has 29 heavy (non-hydrogen) atoms. The Morgan fingerprint density at radius 3 is 2.76 bits per heavy atom. The molecule has 0 aliphatic rings. The van der Waals surface area contributed by atoms with E-state index in [1.807, 2.05) is 6.07 Å². The van der Waals surface area contributed by atoms with E-state index in [0.29, 0.717) is 22.6 Å². The Morgan fingerprint density at radius 2 is 1.97 bits per heavy atom. The summed E-state index contributed by atoms with van der Waals surface area (Å²) in [6.45, 7) is 0. The molecule has 0 amide bonds. The minimum atomic E-state index is -0.683. The number of pyridine rings is 1. The third-order valence-electron chi connectivity index (χ3n) is 4.46. The van der Waals surface area contributed by atoms with E-state index in [0.717, 1.165) is 11.6 Å². The van der Waals surface area contributed by atoms with Gasteiger partial charge in [0.2, 0.25) is 0 Å². The van der Waals surface area contributed by atoms with Gasteiger partial charge in [-0.25, -0.2) is 13.8 Å². The number of fused-ring (bicyclic) bond motifs is 1. The molecule has 1 N–H and O–H groups in total. The average Bonchev–Trinajstić information content (AvgIpc) is 3.46. The number of benzene rings is 1. The number of methoxy groups -OCH3 is 1. The van der Waals surface area contributed by atoms with Crippen LogP contribution in [-0.2, 0) is 0 Å². The van der Waals surface area contributed by atoms with Crippen molar-refractivity contribution in [3.8, 4) is 40.0 Å². The monoisotopic (exact) mass is 394 g/mol. The molecular formula is C19H12F2N6O2. The van der Waals surface area contributed by atoms with E-state index in [4.69, 9.17) is 9.15 Å². The van der Waals surface area contributed by atoms with Crippen LogP contribution in [0.15, 0.2) is 53.3 Å². The zero-order valence-corrected chi connectivity index (χ0v) is 14.9. The largest absolute Gasteiger partial charge is 0.452 e. The topological polar surface area (TPSA) is 94.1 Å². The van der Waals surface area contributed by atoms with Crippen molar-refractivity contribution in [3.05, 3.63) is 60.6 Å². The first-order chi connectivity index (χ1) is 14.1. The highest BCUT2D eigenvalue weighted by atomic mass is 19.1. The van der Waals surface area contributed by atoms with Gasteiger partial charge in [0, 0.05) is 29.0 Å². The van der Waals surface area contributed by atoms with Crippen molar-refractivity contribution >= 4 is 5.65 Å². The van der Waals surface area contributed by atoms with Crippen LogP contribution in [0.2, 0.25) is 0 Å². The van der Waals surface area contributed by atoms with E-state index in [2.05, 4.69) is 25.4 Å². The first kappa shape index (κ1) is 17.0. The van der Waals surface area contributed by atoms with Crippen LogP contribution >= 0.6 is 0 Å². The SMILES string of the molecule is COc1nnc(-c2cnc3ccc(-c4cn[nH]c4-c4ccc(F)cc4F)cn23)o1. The smallest absolute Gasteiger partial charge is 0.414 e. The number of imidazole rings is 1. The number of H-pyrrole nitrogens is 1. The van der Waals surface area contributed by atoms with E-state index >= 15 is 0 Å². The van der Waals surface area contributed by atoms with Crippen LogP contribution in [0.1, 0.15) is 0 Å². The highest BCUT2D eigenvalue weighted by Gasteiger charge is 2.17. The maximum Gasteiger partial charge on any atom is 0.414 e. The Labute approximate surface area is 161 Å². The molecule has 1 aromatic carbocycles. The first-order valence-electron chi connectivity index (χ1n) is 8.48. The van der Waals surface area contributed by atoms with Crippen LogP contribution in [0.5, 0.6) is 6.08 Å². The molecule has 0 bridgehead atoms. The number of hydrogen-bond donors (Lipinski definition) is 1. The minimum absolute atomic E-state index is 0.0370. The molecule has 0 aliphatic carbocycles. The molecule has 8 nitrogen and oxygen atoms in total. The average molecular weight is 394 g/mol. The third kappa shape index (κ3) is 2.81. The van der Waals surface area contributed by atoms with Crippen molar-refractivity contribution in [1.29, 1.82) is 0 Å². The second kappa shape index (κ2) is 6.51. The number of rotatable bonds is 4. The predicted molar refractivity (Wildman–Crippen MR) is 98.0 cm³/mol. The van der Waals surface area contributed by atoms with Gasteiger partial charge in [-0.3, -0.25) is 9.50 Å². The molecule has 0 aliphatic heterocycles. The van der Waals surface area contributed by atoms with Gasteiger partial charge in [0.05, 0.1) is 25.2 Å². The molecule has 0 fully saturated rings. The lowest BCUT2D eigenvalue weighted by Gasteiger charge is -2.07. The summed E-state index contributed by atoms with van der Waals surface area (Å²) in [5.41, 5.74) is 3.24. The van der Waals surface area contributed by atoms with Crippen LogP contribution in [0.4, 0.5) is 8.78 Å². The van der Waals surface area contributed by atoms with Gasteiger partial charge in [0.25, 0.3) is 5.89 Å². The van der Waals surface area contributed by atoms with Gasteiger partial charge in [0.15, 0.2) is 0 Å². The zero-order chi connectivity index (χ0) is 20.0. The highest BCUT2D eigenvalue weighted by Crippen LogP contribution is 2.33. The molecule has 0 radical (unpaired) electrons. The normalized spacial score (nSPS) is 11.3. The summed E-state index contributed by atoms with van der Waals surface area (Å²) in [7, 11) is 1.43. The molecule has 4 aromatic heterocycles. The van der Waals surface area contributed by atoms with Crippen LogP contribution in [0.3, 0.4) is 0 Å². The van der Waals surface area contributed by atoms with Crippen molar-refractivity contribution < 1.29 is 17.9 Å². The maximum absolute atomic E-state index is 14.3. The molecule has 0 atom stereocenters. The molecule has 4 heterocycles. The van der Waals surface area contributed by atoms with Crippen molar-refractivity contribution in [3.63, 3.8) is 0 Å². The van der Waals surface area contributed by atoms with Crippen molar-refractivity contribution in [1.82, 2.24) is 29.8 Å². The zero-order valence-electron chi connectivity index (χ0n) is 14.9. The summed E-state index contributed by atoms with van der Waals surface area (Å²) in [6.07, 6.45) is 5.01. The Hall–Kier alpha value is -4.08. The second-order valence-electron chi connectivity index (χ2n) is 6.15. The lowest BCUT2D eigenvalue weighted by molar-refractivity contribution is 0.293. The Morgan fingerprint density at radius 1 is 1.07 bits per heavy atom. The van der Waals surface area contributed by atoms with E-state index < -0.39 is 11.6 Å². The van der Waals surface area contributed by atoms with Crippen LogP contribution in [0, 0.1) is 11.6 Å². The molecule has 144 valence electrons. The third-order valence-corrected chi connectivity index (χ3v) is 4.46. The number of aromatic amines is 1.